The van der Waals surface area contributed by atoms with Crippen molar-refractivity contribution in [3.63, 3.8) is 0 Å². The van der Waals surface area contributed by atoms with Crippen molar-refractivity contribution in [1.29, 1.82) is 0 Å². The van der Waals surface area contributed by atoms with Gasteiger partial charge in [0.1, 0.15) is 0 Å². The second kappa shape index (κ2) is 5.99. The number of rotatable bonds is 4. The van der Waals surface area contributed by atoms with Gasteiger partial charge in [0.25, 0.3) is 0 Å². The molecule has 1 atom stereocenters. The van der Waals surface area contributed by atoms with Crippen LogP contribution in [-0.4, -0.2) is 29.5 Å². The van der Waals surface area contributed by atoms with Crippen LogP contribution < -0.4 is 5.73 Å². The highest BCUT2D eigenvalue weighted by molar-refractivity contribution is 5.78. The molecule has 0 bridgehead atoms. The molecule has 0 amide bonds. The van der Waals surface area contributed by atoms with Gasteiger partial charge >= 0.3 is 0 Å². The van der Waals surface area contributed by atoms with E-state index in [9.17, 15) is 0 Å². The summed E-state index contributed by atoms with van der Waals surface area (Å²) in [7, 11) is 0. The van der Waals surface area contributed by atoms with E-state index in [2.05, 4.69) is 51.4 Å². The largest absolute Gasteiger partial charge is 0.370 e. The summed E-state index contributed by atoms with van der Waals surface area (Å²) in [6.07, 6.45) is 1.18. The number of aliphatic imine (C=N–C) groups is 1. The fraction of sp³-hybridized carbons (Fsp3) is 0.917. The molecule has 0 rings (SSSR count). The highest BCUT2D eigenvalue weighted by Gasteiger charge is 2.13. The predicted octanol–water partition coefficient (Wildman–Crippen LogP) is 2.47. The number of nitrogens with zero attached hydrogens (tertiary/aromatic N) is 2. The molecule has 2 N–H and O–H groups in total. The molecule has 15 heavy (non-hydrogen) atoms. The Kier molecular flexibility index (Phi) is 5.69. The standard InChI is InChI=1S/C12H27N3/c1-7-10(3)9-15(8-2)11(13)14-12(4,5)6/h10H,7-9H2,1-6H3,(H2,13,14). The van der Waals surface area contributed by atoms with Crippen molar-refractivity contribution in [2.24, 2.45) is 16.6 Å². The van der Waals surface area contributed by atoms with Gasteiger partial charge in [-0.3, -0.25) is 0 Å². The van der Waals surface area contributed by atoms with Gasteiger partial charge in [0.05, 0.1) is 5.54 Å². The van der Waals surface area contributed by atoms with E-state index in [1.54, 1.807) is 0 Å². The molecular formula is C12H27N3. The zero-order valence-electron chi connectivity index (χ0n) is 11.2. The average Bonchev–Trinajstić information content (AvgIpc) is 2.10. The van der Waals surface area contributed by atoms with E-state index in [0.29, 0.717) is 11.9 Å². The van der Waals surface area contributed by atoms with Gasteiger partial charge < -0.3 is 10.6 Å². The van der Waals surface area contributed by atoms with Gasteiger partial charge in [0.2, 0.25) is 0 Å². The van der Waals surface area contributed by atoms with Crippen molar-refractivity contribution in [2.75, 3.05) is 13.1 Å². The topological polar surface area (TPSA) is 41.6 Å². The maximum absolute atomic E-state index is 5.99. The fourth-order valence-corrected chi connectivity index (χ4v) is 1.30. The van der Waals surface area contributed by atoms with E-state index < -0.39 is 0 Å². The lowest BCUT2D eigenvalue weighted by Crippen LogP contribution is -2.41. The summed E-state index contributed by atoms with van der Waals surface area (Å²) in [4.78, 5) is 6.64. The Balaban J connectivity index is 4.47. The van der Waals surface area contributed by atoms with Crippen LogP contribution in [0.3, 0.4) is 0 Å². The SMILES string of the molecule is CCC(C)CN(CC)C(N)=NC(C)(C)C. The minimum Gasteiger partial charge on any atom is -0.370 e. The van der Waals surface area contributed by atoms with Crippen molar-refractivity contribution < 1.29 is 0 Å². The lowest BCUT2D eigenvalue weighted by atomic mass is 10.1. The number of nitrogens with two attached hydrogens (primary N) is 1. The van der Waals surface area contributed by atoms with Gasteiger partial charge in [-0.15, -0.1) is 0 Å². The molecule has 0 radical (unpaired) electrons. The minimum absolute atomic E-state index is 0.0903. The molecule has 0 aromatic carbocycles. The molecular weight excluding hydrogens is 186 g/mol. The number of hydrogen-bond acceptors (Lipinski definition) is 1. The summed E-state index contributed by atoms with van der Waals surface area (Å²) in [5.41, 5.74) is 5.90. The van der Waals surface area contributed by atoms with Crippen molar-refractivity contribution in [1.82, 2.24) is 4.90 Å². The van der Waals surface area contributed by atoms with Crippen LogP contribution in [0.1, 0.15) is 48.0 Å². The third-order valence-corrected chi connectivity index (χ3v) is 2.38. The first kappa shape index (κ1) is 14.3. The number of hydrogen-bond donors (Lipinski definition) is 1. The molecule has 0 aliphatic carbocycles. The summed E-state index contributed by atoms with van der Waals surface area (Å²) < 4.78 is 0. The smallest absolute Gasteiger partial charge is 0.191 e. The Morgan fingerprint density at radius 1 is 1.33 bits per heavy atom. The van der Waals surface area contributed by atoms with Gasteiger partial charge in [-0.25, -0.2) is 4.99 Å². The lowest BCUT2D eigenvalue weighted by molar-refractivity contribution is 0.351. The Morgan fingerprint density at radius 2 is 1.87 bits per heavy atom. The zero-order valence-corrected chi connectivity index (χ0v) is 11.2. The molecule has 3 nitrogen and oxygen atoms in total. The second-order valence-corrected chi connectivity index (χ2v) is 5.19. The van der Waals surface area contributed by atoms with Crippen LogP contribution in [-0.2, 0) is 0 Å². The van der Waals surface area contributed by atoms with Crippen LogP contribution in [0.25, 0.3) is 0 Å². The molecule has 90 valence electrons. The minimum atomic E-state index is -0.0903. The Hall–Kier alpha value is -0.730. The van der Waals surface area contributed by atoms with Gasteiger partial charge in [0, 0.05) is 13.1 Å². The maximum atomic E-state index is 5.99. The lowest BCUT2D eigenvalue weighted by Gasteiger charge is -2.27. The van der Waals surface area contributed by atoms with Crippen LogP contribution in [0.4, 0.5) is 0 Å². The summed E-state index contributed by atoms with van der Waals surface area (Å²) in [5.74, 6) is 1.34. The quantitative estimate of drug-likeness (QED) is 0.576. The summed E-state index contributed by atoms with van der Waals surface area (Å²) >= 11 is 0. The molecule has 0 fully saturated rings. The van der Waals surface area contributed by atoms with Crippen molar-refractivity contribution in [2.45, 2.75) is 53.5 Å². The van der Waals surface area contributed by atoms with Crippen molar-refractivity contribution in [3.05, 3.63) is 0 Å². The third-order valence-electron chi connectivity index (χ3n) is 2.38. The van der Waals surface area contributed by atoms with Crippen LogP contribution >= 0.6 is 0 Å². The van der Waals surface area contributed by atoms with Crippen LogP contribution in [0, 0.1) is 5.92 Å². The summed E-state index contributed by atoms with van der Waals surface area (Å²) in [6.45, 7) is 14.7. The first-order valence-corrected chi connectivity index (χ1v) is 5.90. The fourth-order valence-electron chi connectivity index (χ4n) is 1.30. The van der Waals surface area contributed by atoms with Crippen LogP contribution in [0.5, 0.6) is 0 Å². The van der Waals surface area contributed by atoms with E-state index in [1.807, 2.05) is 0 Å². The molecule has 0 heterocycles. The number of guanidine groups is 1. The molecule has 3 heteroatoms. The molecule has 0 aliphatic rings. The molecule has 0 aliphatic heterocycles. The third kappa shape index (κ3) is 6.37. The highest BCUT2D eigenvalue weighted by atomic mass is 15.3. The molecule has 0 aromatic heterocycles. The van der Waals surface area contributed by atoms with E-state index in [0.717, 1.165) is 13.1 Å². The van der Waals surface area contributed by atoms with E-state index in [-0.39, 0.29) is 5.54 Å². The Morgan fingerprint density at radius 3 is 2.20 bits per heavy atom. The predicted molar refractivity (Wildman–Crippen MR) is 68.1 cm³/mol. The second-order valence-electron chi connectivity index (χ2n) is 5.19. The van der Waals surface area contributed by atoms with Gasteiger partial charge in [-0.1, -0.05) is 20.3 Å². The van der Waals surface area contributed by atoms with Gasteiger partial charge in [-0.2, -0.15) is 0 Å². The molecule has 0 saturated carbocycles. The molecule has 0 saturated heterocycles. The Labute approximate surface area is 94.7 Å². The normalized spacial score (nSPS) is 15.2. The van der Waals surface area contributed by atoms with Gasteiger partial charge in [-0.05, 0) is 33.6 Å². The monoisotopic (exact) mass is 213 g/mol. The van der Waals surface area contributed by atoms with E-state index in [1.165, 1.54) is 6.42 Å². The highest BCUT2D eigenvalue weighted by Crippen LogP contribution is 2.09. The van der Waals surface area contributed by atoms with Crippen LogP contribution in [0.2, 0.25) is 0 Å². The Bertz CT molecular complexity index is 203. The van der Waals surface area contributed by atoms with Crippen LogP contribution in [0.15, 0.2) is 4.99 Å². The van der Waals surface area contributed by atoms with Gasteiger partial charge in [0.15, 0.2) is 5.96 Å². The molecule has 0 spiro atoms. The van der Waals surface area contributed by atoms with E-state index >= 15 is 0 Å². The summed E-state index contributed by atoms with van der Waals surface area (Å²) in [6, 6.07) is 0. The molecule has 1 unspecified atom stereocenters. The maximum Gasteiger partial charge on any atom is 0.191 e. The van der Waals surface area contributed by atoms with E-state index in [4.69, 9.17) is 5.73 Å². The molecule has 0 aromatic rings. The first-order chi connectivity index (χ1) is 6.80. The summed E-state index contributed by atoms with van der Waals surface area (Å²) in [5, 5.41) is 0. The zero-order chi connectivity index (χ0) is 12.1. The van der Waals surface area contributed by atoms with Crippen molar-refractivity contribution >= 4 is 5.96 Å². The first-order valence-electron chi connectivity index (χ1n) is 5.90. The average molecular weight is 213 g/mol. The van der Waals surface area contributed by atoms with Crippen molar-refractivity contribution in [3.8, 4) is 0 Å².